The minimum Gasteiger partial charge on any atom is -0.459 e. The van der Waals surface area contributed by atoms with Crippen LogP contribution in [0.1, 0.15) is 96.9 Å². The molecule has 228 valence electrons. The van der Waals surface area contributed by atoms with Gasteiger partial charge in [0.2, 0.25) is 0 Å². The maximum absolute atomic E-state index is 12.7. The average molecular weight is 559 g/mol. The van der Waals surface area contributed by atoms with Crippen LogP contribution in [0.5, 0.6) is 0 Å². The van der Waals surface area contributed by atoms with E-state index >= 15 is 0 Å². The van der Waals surface area contributed by atoms with Crippen molar-refractivity contribution in [1.29, 1.82) is 0 Å². The van der Waals surface area contributed by atoms with Gasteiger partial charge in [0.15, 0.2) is 0 Å². The molecule has 0 unspecified atom stereocenters. The Bertz CT molecular complexity index is 711. The molecule has 0 aliphatic rings. The first-order valence-corrected chi connectivity index (χ1v) is 13.5. The van der Waals surface area contributed by atoms with E-state index in [0.717, 1.165) is 0 Å². The molecule has 0 heterocycles. The maximum Gasteiger partial charge on any atom is 0.320 e. The molecule has 0 spiro atoms. The predicted molar refractivity (Wildman–Crippen MR) is 150 cm³/mol. The SMILES string of the molecule is CC(C)(CN(CC(=O)OC(C)(C)C)CC(=O)OC(C)(C)C)CN(CC(=O)OC(C)(C)C)CC(=O)OC(C)(C)C. The summed E-state index contributed by atoms with van der Waals surface area (Å²) >= 11 is 0. The lowest BCUT2D eigenvalue weighted by atomic mass is 9.91. The molecule has 0 radical (unpaired) electrons. The van der Waals surface area contributed by atoms with Crippen molar-refractivity contribution >= 4 is 23.9 Å². The summed E-state index contributed by atoms with van der Waals surface area (Å²) in [6.07, 6.45) is 0. The standard InChI is InChI=1S/C29H54N2O8/c1-25(2,3)36-21(32)15-30(16-22(33)37-26(4,5)6)19-29(13,14)20-31(17-23(34)38-27(7,8)9)18-24(35)39-28(10,11)12/h15-20H2,1-14H3. The second-order valence-corrected chi connectivity index (χ2v) is 14.8. The highest BCUT2D eigenvalue weighted by Crippen LogP contribution is 2.21. The van der Waals surface area contributed by atoms with Gasteiger partial charge >= 0.3 is 23.9 Å². The number of carbonyl (C=O) groups excluding carboxylic acids is 4. The van der Waals surface area contributed by atoms with Crippen molar-refractivity contribution in [2.45, 2.75) is 119 Å². The lowest BCUT2D eigenvalue weighted by molar-refractivity contribution is -0.161. The summed E-state index contributed by atoms with van der Waals surface area (Å²) in [7, 11) is 0. The van der Waals surface area contributed by atoms with Crippen molar-refractivity contribution in [3.8, 4) is 0 Å². The van der Waals surface area contributed by atoms with Gasteiger partial charge in [0, 0.05) is 13.1 Å². The van der Waals surface area contributed by atoms with Gasteiger partial charge in [-0.25, -0.2) is 0 Å². The fourth-order valence-corrected chi connectivity index (χ4v) is 3.82. The van der Waals surface area contributed by atoms with E-state index in [1.165, 1.54) is 0 Å². The number of ether oxygens (including phenoxy) is 4. The van der Waals surface area contributed by atoms with E-state index < -0.39 is 51.7 Å². The number of rotatable bonds is 12. The van der Waals surface area contributed by atoms with Gasteiger partial charge in [0.25, 0.3) is 0 Å². The zero-order chi connectivity index (χ0) is 31.0. The van der Waals surface area contributed by atoms with Crippen molar-refractivity contribution in [3.05, 3.63) is 0 Å². The van der Waals surface area contributed by atoms with Crippen LogP contribution in [-0.4, -0.2) is 95.3 Å². The first-order valence-electron chi connectivity index (χ1n) is 13.5. The minimum absolute atomic E-state index is 0.127. The lowest BCUT2D eigenvalue weighted by Crippen LogP contribution is -2.49. The van der Waals surface area contributed by atoms with Gasteiger partial charge in [0.1, 0.15) is 22.4 Å². The first-order chi connectivity index (χ1) is 17.1. The highest BCUT2D eigenvalue weighted by atomic mass is 16.6. The van der Waals surface area contributed by atoms with Gasteiger partial charge in [-0.2, -0.15) is 0 Å². The summed E-state index contributed by atoms with van der Waals surface area (Å²) in [6.45, 7) is 25.2. The third kappa shape index (κ3) is 21.3. The largest absolute Gasteiger partial charge is 0.459 e. The Morgan fingerprint density at radius 1 is 0.410 bits per heavy atom. The maximum atomic E-state index is 12.7. The van der Waals surface area contributed by atoms with E-state index in [1.807, 2.05) is 13.8 Å². The Hall–Kier alpha value is -2.20. The van der Waals surface area contributed by atoms with Crippen LogP contribution in [0.4, 0.5) is 0 Å². The second-order valence-electron chi connectivity index (χ2n) is 14.8. The summed E-state index contributed by atoms with van der Waals surface area (Å²) in [5.74, 6) is -1.88. The van der Waals surface area contributed by atoms with Crippen LogP contribution < -0.4 is 0 Å². The molecule has 0 N–H and O–H groups in total. The number of carbonyl (C=O) groups is 4. The van der Waals surface area contributed by atoms with Crippen LogP contribution in [0.15, 0.2) is 0 Å². The third-order valence-electron chi connectivity index (χ3n) is 4.39. The Kier molecular flexibility index (Phi) is 13.1. The van der Waals surface area contributed by atoms with Crippen molar-refractivity contribution in [3.63, 3.8) is 0 Å². The van der Waals surface area contributed by atoms with Gasteiger partial charge in [-0.15, -0.1) is 0 Å². The zero-order valence-electron chi connectivity index (χ0n) is 26.9. The highest BCUT2D eigenvalue weighted by molar-refractivity contribution is 5.76. The average Bonchev–Trinajstić information content (AvgIpc) is 2.52. The molecule has 0 aromatic rings. The van der Waals surface area contributed by atoms with Crippen LogP contribution in [0, 0.1) is 5.41 Å². The monoisotopic (exact) mass is 558 g/mol. The van der Waals surface area contributed by atoms with Gasteiger partial charge in [-0.1, -0.05) is 13.8 Å². The smallest absolute Gasteiger partial charge is 0.320 e. The summed E-state index contributed by atoms with van der Waals surface area (Å²) < 4.78 is 21.9. The molecule has 0 saturated heterocycles. The molecule has 0 rings (SSSR count). The van der Waals surface area contributed by atoms with Crippen LogP contribution in [0.3, 0.4) is 0 Å². The van der Waals surface area contributed by atoms with Gasteiger partial charge < -0.3 is 18.9 Å². The van der Waals surface area contributed by atoms with E-state index in [1.54, 1.807) is 92.9 Å². The van der Waals surface area contributed by atoms with Crippen molar-refractivity contribution in [2.75, 3.05) is 39.3 Å². The number of hydrogen-bond donors (Lipinski definition) is 0. The molecule has 0 fully saturated rings. The molecule has 10 nitrogen and oxygen atoms in total. The number of hydrogen-bond acceptors (Lipinski definition) is 10. The van der Waals surface area contributed by atoms with Gasteiger partial charge in [-0.05, 0) is 88.5 Å². The third-order valence-corrected chi connectivity index (χ3v) is 4.39. The highest BCUT2D eigenvalue weighted by Gasteiger charge is 2.32. The van der Waals surface area contributed by atoms with E-state index in [2.05, 4.69) is 0 Å². The van der Waals surface area contributed by atoms with Crippen LogP contribution in [0.25, 0.3) is 0 Å². The molecule has 10 heteroatoms. The molecule has 0 aromatic heterocycles. The van der Waals surface area contributed by atoms with Gasteiger partial charge in [-0.3, -0.25) is 29.0 Å². The van der Waals surface area contributed by atoms with E-state index in [4.69, 9.17) is 18.9 Å². The molecule has 0 amide bonds. The Balaban J connectivity index is 5.83. The zero-order valence-corrected chi connectivity index (χ0v) is 26.9. The first kappa shape index (κ1) is 36.8. The molecule has 0 aliphatic carbocycles. The molecular formula is C29H54N2O8. The fourth-order valence-electron chi connectivity index (χ4n) is 3.82. The minimum atomic E-state index is -0.679. The Morgan fingerprint density at radius 3 is 0.744 bits per heavy atom. The second kappa shape index (κ2) is 13.9. The molecule has 0 aromatic carbocycles. The van der Waals surface area contributed by atoms with E-state index in [9.17, 15) is 19.2 Å². The number of esters is 4. The van der Waals surface area contributed by atoms with Crippen molar-refractivity contribution < 1.29 is 38.1 Å². The Labute approximate surface area is 236 Å². The Morgan fingerprint density at radius 2 is 0.590 bits per heavy atom. The normalized spacial score (nSPS) is 13.3. The van der Waals surface area contributed by atoms with Crippen LogP contribution >= 0.6 is 0 Å². The molecule has 0 aliphatic heterocycles. The van der Waals surface area contributed by atoms with Crippen LogP contribution in [0.2, 0.25) is 0 Å². The quantitative estimate of drug-likeness (QED) is 0.257. The van der Waals surface area contributed by atoms with Crippen molar-refractivity contribution in [2.24, 2.45) is 5.41 Å². The van der Waals surface area contributed by atoms with Crippen LogP contribution in [-0.2, 0) is 38.1 Å². The molecule has 0 bridgehead atoms. The van der Waals surface area contributed by atoms with E-state index in [-0.39, 0.29) is 39.3 Å². The van der Waals surface area contributed by atoms with Crippen molar-refractivity contribution in [1.82, 2.24) is 9.80 Å². The summed E-state index contributed by atoms with van der Waals surface area (Å²) in [5, 5.41) is 0. The molecule has 39 heavy (non-hydrogen) atoms. The number of nitrogens with zero attached hydrogens (tertiary/aromatic N) is 2. The summed E-state index contributed by atoms with van der Waals surface area (Å²) in [4.78, 5) is 53.9. The fraction of sp³-hybridized carbons (Fsp3) is 0.862. The predicted octanol–water partition coefficient (Wildman–Crippen LogP) is 3.98. The topological polar surface area (TPSA) is 112 Å². The summed E-state index contributed by atoms with van der Waals surface area (Å²) in [6, 6.07) is 0. The molecule has 0 saturated carbocycles. The van der Waals surface area contributed by atoms with Gasteiger partial charge in [0.05, 0.1) is 26.2 Å². The van der Waals surface area contributed by atoms with E-state index in [0.29, 0.717) is 0 Å². The molecular weight excluding hydrogens is 504 g/mol. The molecule has 0 atom stereocenters. The lowest BCUT2D eigenvalue weighted by Gasteiger charge is -2.36. The summed E-state index contributed by atoms with van der Waals surface area (Å²) in [5.41, 5.74) is -3.29.